The molecule has 0 radical (unpaired) electrons. The Hall–Kier alpha value is -2.82. The van der Waals surface area contributed by atoms with Crippen LogP contribution in [-0.4, -0.2) is 21.4 Å². The van der Waals surface area contributed by atoms with E-state index in [1.165, 1.54) is 5.56 Å². The summed E-state index contributed by atoms with van der Waals surface area (Å²) in [6.07, 6.45) is 6.72. The van der Waals surface area contributed by atoms with Crippen molar-refractivity contribution in [2.45, 2.75) is 25.6 Å². The molecule has 142 valence electrons. The van der Waals surface area contributed by atoms with Crippen LogP contribution in [-0.2, 0) is 11.3 Å². The quantitative estimate of drug-likeness (QED) is 0.631. The maximum absolute atomic E-state index is 10.7. The van der Waals surface area contributed by atoms with Gasteiger partial charge in [0.2, 0.25) is 0 Å². The second-order valence-corrected chi connectivity index (χ2v) is 7.35. The van der Waals surface area contributed by atoms with Gasteiger partial charge in [0.05, 0.1) is 17.7 Å². The number of aliphatic hydroxyl groups is 1. The lowest BCUT2D eigenvalue weighted by molar-refractivity contribution is 0.172. The monoisotopic (exact) mass is 392 g/mol. The molecule has 2 aromatic carbocycles. The molecular formula is C23H21ClN2O2. The van der Waals surface area contributed by atoms with Crippen molar-refractivity contribution in [3.8, 4) is 11.1 Å². The third-order valence-electron chi connectivity index (χ3n) is 4.84. The molecular weight excluding hydrogens is 372 g/mol. The maximum Gasteiger partial charge on any atom is 0.118 e. The van der Waals surface area contributed by atoms with Gasteiger partial charge in [-0.3, -0.25) is 5.10 Å². The number of hydrogen-bond donors (Lipinski definition) is 2. The van der Waals surface area contributed by atoms with Crippen molar-refractivity contribution in [2.75, 3.05) is 0 Å². The lowest BCUT2D eigenvalue weighted by atomic mass is 9.89. The first-order valence-corrected chi connectivity index (χ1v) is 9.54. The number of aromatic nitrogens is 2. The molecule has 0 fully saturated rings. The highest BCUT2D eigenvalue weighted by Gasteiger charge is 2.26. The van der Waals surface area contributed by atoms with Crippen molar-refractivity contribution in [3.05, 3.63) is 101 Å². The molecule has 1 heterocycles. The Bertz CT molecular complexity index is 1000. The summed E-state index contributed by atoms with van der Waals surface area (Å²) in [5.74, 6) is 0.413. The van der Waals surface area contributed by atoms with E-state index < -0.39 is 6.10 Å². The van der Waals surface area contributed by atoms with Crippen LogP contribution in [0.1, 0.15) is 22.7 Å². The molecule has 1 aromatic heterocycles. The number of nitrogens with zero attached hydrogens (tertiary/aromatic N) is 1. The van der Waals surface area contributed by atoms with E-state index in [-0.39, 0.29) is 5.92 Å². The normalized spacial score (nSPS) is 18.8. The van der Waals surface area contributed by atoms with E-state index in [4.69, 9.17) is 16.3 Å². The molecule has 2 unspecified atom stereocenters. The fourth-order valence-electron chi connectivity index (χ4n) is 3.26. The van der Waals surface area contributed by atoms with E-state index in [2.05, 4.69) is 41.4 Å². The zero-order chi connectivity index (χ0) is 19.5. The van der Waals surface area contributed by atoms with Gasteiger partial charge in [-0.15, -0.1) is 0 Å². The Balaban J connectivity index is 1.47. The van der Waals surface area contributed by atoms with Crippen LogP contribution in [0.5, 0.6) is 0 Å². The van der Waals surface area contributed by atoms with E-state index in [0.29, 0.717) is 17.4 Å². The van der Waals surface area contributed by atoms with Gasteiger partial charge in [0.1, 0.15) is 12.4 Å². The Labute approximate surface area is 169 Å². The van der Waals surface area contributed by atoms with Crippen molar-refractivity contribution in [1.82, 2.24) is 10.2 Å². The summed E-state index contributed by atoms with van der Waals surface area (Å²) in [5, 5.41) is 18.7. The van der Waals surface area contributed by atoms with Crippen LogP contribution in [0.15, 0.2) is 78.7 Å². The van der Waals surface area contributed by atoms with Crippen LogP contribution in [0, 0.1) is 6.92 Å². The zero-order valence-corrected chi connectivity index (χ0v) is 16.2. The van der Waals surface area contributed by atoms with Crippen LogP contribution < -0.4 is 0 Å². The Morgan fingerprint density at radius 3 is 2.57 bits per heavy atom. The maximum atomic E-state index is 10.7. The molecule has 4 nitrogen and oxygen atoms in total. The summed E-state index contributed by atoms with van der Waals surface area (Å²) >= 11 is 5.90. The largest absolute Gasteiger partial charge is 0.489 e. The molecule has 3 aromatic rings. The molecule has 0 amide bonds. The molecule has 28 heavy (non-hydrogen) atoms. The van der Waals surface area contributed by atoms with E-state index in [0.717, 1.165) is 22.4 Å². The van der Waals surface area contributed by atoms with Gasteiger partial charge in [-0.05, 0) is 42.3 Å². The second kappa shape index (κ2) is 8.05. The van der Waals surface area contributed by atoms with E-state index in [9.17, 15) is 5.11 Å². The highest BCUT2D eigenvalue weighted by molar-refractivity contribution is 6.30. The van der Waals surface area contributed by atoms with Crippen molar-refractivity contribution in [2.24, 2.45) is 0 Å². The van der Waals surface area contributed by atoms with Crippen LogP contribution in [0.3, 0.4) is 0 Å². The van der Waals surface area contributed by atoms with Gasteiger partial charge in [-0.2, -0.15) is 5.10 Å². The molecule has 4 rings (SSSR count). The molecule has 2 N–H and O–H groups in total. The Morgan fingerprint density at radius 2 is 1.86 bits per heavy atom. The fourth-order valence-corrected chi connectivity index (χ4v) is 3.38. The number of rotatable bonds is 5. The number of halogens is 1. The molecule has 0 aliphatic heterocycles. The predicted octanol–water partition coefficient (Wildman–Crippen LogP) is 5.15. The zero-order valence-electron chi connectivity index (χ0n) is 15.5. The van der Waals surface area contributed by atoms with Gasteiger partial charge >= 0.3 is 0 Å². The molecule has 0 bridgehead atoms. The summed E-state index contributed by atoms with van der Waals surface area (Å²) in [7, 11) is 0. The number of hydrogen-bond acceptors (Lipinski definition) is 3. The molecule has 1 aliphatic carbocycles. The van der Waals surface area contributed by atoms with Gasteiger partial charge in [0, 0.05) is 16.8 Å². The highest BCUT2D eigenvalue weighted by Crippen LogP contribution is 2.33. The third kappa shape index (κ3) is 4.03. The van der Waals surface area contributed by atoms with E-state index >= 15 is 0 Å². The van der Waals surface area contributed by atoms with Crippen LogP contribution in [0.25, 0.3) is 11.1 Å². The number of allylic oxidation sites excluding steroid dienone is 1. The minimum absolute atomic E-state index is 0.231. The van der Waals surface area contributed by atoms with Crippen molar-refractivity contribution in [1.29, 1.82) is 0 Å². The van der Waals surface area contributed by atoms with Gasteiger partial charge < -0.3 is 9.84 Å². The topological polar surface area (TPSA) is 58.1 Å². The van der Waals surface area contributed by atoms with Crippen LogP contribution in [0.2, 0.25) is 5.02 Å². The number of aromatic amines is 1. The molecule has 2 atom stereocenters. The number of aryl methyl sites for hydroxylation is 1. The SMILES string of the molecule is Cc1ccc(-c2c[nH]nc2C2C=CC(OCc3ccc(Cl)cc3)=CC2O)cc1. The molecule has 0 saturated carbocycles. The average molecular weight is 393 g/mol. The number of benzene rings is 2. The number of H-pyrrole nitrogens is 1. The molecule has 0 spiro atoms. The highest BCUT2D eigenvalue weighted by atomic mass is 35.5. The summed E-state index contributed by atoms with van der Waals surface area (Å²) in [6, 6.07) is 15.8. The van der Waals surface area contributed by atoms with Gasteiger partial charge in [0.15, 0.2) is 0 Å². The van der Waals surface area contributed by atoms with Crippen LogP contribution >= 0.6 is 11.6 Å². The average Bonchev–Trinajstić information content (AvgIpc) is 3.18. The van der Waals surface area contributed by atoms with Crippen LogP contribution in [0.4, 0.5) is 0 Å². The number of nitrogens with one attached hydrogen (secondary N) is 1. The lowest BCUT2D eigenvalue weighted by Crippen LogP contribution is -2.19. The second-order valence-electron chi connectivity index (χ2n) is 6.91. The van der Waals surface area contributed by atoms with Crippen molar-refractivity contribution < 1.29 is 9.84 Å². The standard InChI is InChI=1S/C23H21ClN2O2/c1-15-2-6-17(7-3-15)21-13-25-26-23(21)20-11-10-19(12-22(20)27)28-14-16-4-8-18(24)9-5-16/h2-13,20,22,27H,14H2,1H3,(H,25,26). The molecule has 1 aliphatic rings. The first-order valence-electron chi connectivity index (χ1n) is 9.16. The lowest BCUT2D eigenvalue weighted by Gasteiger charge is -2.22. The molecule has 5 heteroatoms. The number of ether oxygens (including phenoxy) is 1. The van der Waals surface area contributed by atoms with E-state index in [1.54, 1.807) is 6.08 Å². The number of aliphatic hydroxyl groups excluding tert-OH is 1. The first-order chi connectivity index (χ1) is 13.6. The minimum atomic E-state index is -0.710. The fraction of sp³-hybridized carbons (Fsp3) is 0.174. The third-order valence-corrected chi connectivity index (χ3v) is 5.09. The first kappa shape index (κ1) is 18.5. The molecule has 0 saturated heterocycles. The van der Waals surface area contributed by atoms with Gasteiger partial charge in [-0.1, -0.05) is 59.6 Å². The van der Waals surface area contributed by atoms with E-state index in [1.807, 2.05) is 42.6 Å². The Morgan fingerprint density at radius 1 is 1.11 bits per heavy atom. The summed E-state index contributed by atoms with van der Waals surface area (Å²) in [5.41, 5.74) is 5.11. The summed E-state index contributed by atoms with van der Waals surface area (Å²) in [4.78, 5) is 0. The predicted molar refractivity (Wildman–Crippen MR) is 111 cm³/mol. The van der Waals surface area contributed by atoms with Crippen molar-refractivity contribution in [3.63, 3.8) is 0 Å². The van der Waals surface area contributed by atoms with Gasteiger partial charge in [0.25, 0.3) is 0 Å². The summed E-state index contributed by atoms with van der Waals surface area (Å²) < 4.78 is 5.82. The van der Waals surface area contributed by atoms with Gasteiger partial charge in [-0.25, -0.2) is 0 Å². The summed E-state index contributed by atoms with van der Waals surface area (Å²) in [6.45, 7) is 2.48. The Kier molecular flexibility index (Phi) is 5.33. The smallest absolute Gasteiger partial charge is 0.118 e. The minimum Gasteiger partial charge on any atom is -0.489 e. The van der Waals surface area contributed by atoms with Crippen molar-refractivity contribution >= 4 is 11.6 Å².